The molecule has 0 aliphatic carbocycles. The first-order valence-electron chi connectivity index (χ1n) is 10.6. The predicted octanol–water partition coefficient (Wildman–Crippen LogP) is 6.94. The number of hydrogen-bond donors (Lipinski definition) is 0. The van der Waals surface area contributed by atoms with Crippen LogP contribution in [0.2, 0.25) is 0 Å². The van der Waals surface area contributed by atoms with Crippen molar-refractivity contribution in [1.29, 1.82) is 0 Å². The number of nitrogens with zero attached hydrogens (tertiary/aromatic N) is 2. The molecule has 2 aromatic carbocycles. The summed E-state index contributed by atoms with van der Waals surface area (Å²) in [5, 5.41) is 2.27. The van der Waals surface area contributed by atoms with E-state index in [4.69, 9.17) is 9.72 Å². The number of benzene rings is 2. The van der Waals surface area contributed by atoms with Crippen LogP contribution in [-0.4, -0.2) is 9.97 Å². The molecule has 4 aromatic rings. The van der Waals surface area contributed by atoms with Crippen LogP contribution in [0.15, 0.2) is 48.7 Å². The molecule has 0 atom stereocenters. The highest BCUT2D eigenvalue weighted by atomic mass is 16.5. The molecule has 0 unspecified atom stereocenters. The maximum absolute atomic E-state index is 6.38. The van der Waals surface area contributed by atoms with E-state index in [0.717, 1.165) is 44.4 Å². The van der Waals surface area contributed by atoms with Gasteiger partial charge in [-0.05, 0) is 34.6 Å². The fraction of sp³-hybridized carbons (Fsp3) is 0.333. The minimum Gasteiger partial charge on any atom is -0.488 e. The van der Waals surface area contributed by atoms with E-state index >= 15 is 0 Å². The van der Waals surface area contributed by atoms with Crippen LogP contribution in [-0.2, 0) is 17.4 Å². The Morgan fingerprint density at radius 1 is 0.833 bits per heavy atom. The van der Waals surface area contributed by atoms with Gasteiger partial charge in [0.25, 0.3) is 0 Å². The molecule has 3 heterocycles. The van der Waals surface area contributed by atoms with E-state index in [1.165, 1.54) is 11.1 Å². The molecule has 0 bridgehead atoms. The summed E-state index contributed by atoms with van der Waals surface area (Å²) in [5.41, 5.74) is 7.76. The lowest BCUT2D eigenvalue weighted by Gasteiger charge is -2.31. The summed E-state index contributed by atoms with van der Waals surface area (Å²) in [7, 11) is 0. The smallest absolute Gasteiger partial charge is 0.132 e. The number of aromatic nitrogens is 2. The number of fused-ring (bicyclic) bond motifs is 6. The maximum Gasteiger partial charge on any atom is 0.132 e. The van der Waals surface area contributed by atoms with Gasteiger partial charge in [0.1, 0.15) is 12.4 Å². The van der Waals surface area contributed by atoms with Gasteiger partial charge in [0.15, 0.2) is 0 Å². The SMILES string of the molecule is CC(C)(C)c1cc2c(c(C(C)(C)C)c1)OCc1cc3c(cnc4ccccc43)nc1-2. The third-order valence-electron chi connectivity index (χ3n) is 6.04. The summed E-state index contributed by atoms with van der Waals surface area (Å²) in [6.45, 7) is 14.1. The van der Waals surface area contributed by atoms with Crippen LogP contribution in [0.1, 0.15) is 58.2 Å². The molecule has 3 nitrogen and oxygen atoms in total. The summed E-state index contributed by atoms with van der Waals surface area (Å²) in [5.74, 6) is 0.976. The molecule has 0 saturated heterocycles. The molecule has 1 aliphatic heterocycles. The van der Waals surface area contributed by atoms with Crippen molar-refractivity contribution in [3.63, 3.8) is 0 Å². The molecule has 0 N–H and O–H groups in total. The van der Waals surface area contributed by atoms with Crippen LogP contribution in [0.5, 0.6) is 5.75 Å². The van der Waals surface area contributed by atoms with Gasteiger partial charge in [0.2, 0.25) is 0 Å². The third kappa shape index (κ3) is 2.96. The molecule has 5 rings (SSSR count). The minimum atomic E-state index is -0.0164. The van der Waals surface area contributed by atoms with Crippen molar-refractivity contribution in [3.05, 3.63) is 65.4 Å². The Balaban J connectivity index is 1.83. The summed E-state index contributed by atoms with van der Waals surface area (Å²) in [6.07, 6.45) is 1.89. The standard InChI is InChI=1S/C27H28N2O/c1-26(2,3)17-12-20-24-16(15-30-25(20)21(13-17)27(4,5)6)11-19-18-9-7-8-10-22(18)28-14-23(19)29-24/h7-14H,15H2,1-6H3. The molecule has 0 saturated carbocycles. The van der Waals surface area contributed by atoms with E-state index in [2.05, 4.69) is 76.9 Å². The number of para-hydroxylation sites is 1. The number of rotatable bonds is 0. The zero-order valence-electron chi connectivity index (χ0n) is 18.6. The number of pyridine rings is 2. The van der Waals surface area contributed by atoms with Crippen molar-refractivity contribution in [2.45, 2.75) is 59.0 Å². The Labute approximate surface area is 178 Å². The van der Waals surface area contributed by atoms with Crippen LogP contribution in [0.4, 0.5) is 0 Å². The molecule has 2 aromatic heterocycles. The lowest BCUT2D eigenvalue weighted by atomic mass is 9.78. The Morgan fingerprint density at radius 2 is 1.60 bits per heavy atom. The van der Waals surface area contributed by atoms with Crippen LogP contribution in [0, 0.1) is 0 Å². The third-order valence-corrected chi connectivity index (χ3v) is 6.04. The summed E-state index contributed by atoms with van der Waals surface area (Å²) >= 11 is 0. The van der Waals surface area contributed by atoms with Gasteiger partial charge in [-0.1, -0.05) is 65.8 Å². The Bertz CT molecular complexity index is 1310. The highest BCUT2D eigenvalue weighted by Crippen LogP contribution is 2.46. The van der Waals surface area contributed by atoms with Crippen molar-refractivity contribution in [2.24, 2.45) is 0 Å². The fourth-order valence-corrected chi connectivity index (χ4v) is 4.27. The normalized spacial score (nSPS) is 13.8. The summed E-state index contributed by atoms with van der Waals surface area (Å²) < 4.78 is 6.38. The monoisotopic (exact) mass is 396 g/mol. The van der Waals surface area contributed by atoms with E-state index in [-0.39, 0.29) is 10.8 Å². The average molecular weight is 397 g/mol. The lowest BCUT2D eigenvalue weighted by Crippen LogP contribution is -2.20. The van der Waals surface area contributed by atoms with Crippen LogP contribution >= 0.6 is 0 Å². The first kappa shape index (κ1) is 19.0. The zero-order chi connectivity index (χ0) is 21.3. The largest absolute Gasteiger partial charge is 0.488 e. The van der Waals surface area contributed by atoms with Gasteiger partial charge in [-0.2, -0.15) is 0 Å². The molecule has 0 amide bonds. The number of ether oxygens (including phenoxy) is 1. The molecule has 0 spiro atoms. The van der Waals surface area contributed by atoms with Crippen LogP contribution in [0.25, 0.3) is 33.1 Å². The van der Waals surface area contributed by atoms with Gasteiger partial charge >= 0.3 is 0 Å². The lowest BCUT2D eigenvalue weighted by molar-refractivity contribution is 0.293. The topological polar surface area (TPSA) is 35.0 Å². The highest BCUT2D eigenvalue weighted by Gasteiger charge is 2.30. The van der Waals surface area contributed by atoms with Gasteiger partial charge in [0, 0.05) is 27.5 Å². The van der Waals surface area contributed by atoms with Crippen molar-refractivity contribution >= 4 is 21.8 Å². The Morgan fingerprint density at radius 3 is 2.33 bits per heavy atom. The van der Waals surface area contributed by atoms with E-state index < -0.39 is 0 Å². The number of hydrogen-bond acceptors (Lipinski definition) is 3. The van der Waals surface area contributed by atoms with Crippen molar-refractivity contribution in [2.75, 3.05) is 0 Å². The maximum atomic E-state index is 6.38. The second-order valence-corrected chi connectivity index (χ2v) is 10.4. The molecule has 30 heavy (non-hydrogen) atoms. The Hall–Kier alpha value is -2.94. The van der Waals surface area contributed by atoms with Crippen molar-refractivity contribution < 1.29 is 4.74 Å². The van der Waals surface area contributed by atoms with Crippen LogP contribution < -0.4 is 4.74 Å². The first-order valence-corrected chi connectivity index (χ1v) is 10.6. The second-order valence-electron chi connectivity index (χ2n) is 10.4. The highest BCUT2D eigenvalue weighted by molar-refractivity contribution is 6.05. The predicted molar refractivity (Wildman–Crippen MR) is 124 cm³/mol. The van der Waals surface area contributed by atoms with E-state index in [1.54, 1.807) is 0 Å². The van der Waals surface area contributed by atoms with Gasteiger partial charge in [-0.15, -0.1) is 0 Å². The van der Waals surface area contributed by atoms with Gasteiger partial charge < -0.3 is 4.74 Å². The molecule has 0 fully saturated rings. The quantitative estimate of drug-likeness (QED) is 0.302. The summed E-state index contributed by atoms with van der Waals surface area (Å²) in [4.78, 5) is 9.75. The summed E-state index contributed by atoms with van der Waals surface area (Å²) in [6, 6.07) is 15.1. The first-order chi connectivity index (χ1) is 14.1. The van der Waals surface area contributed by atoms with E-state index in [0.29, 0.717) is 6.61 Å². The average Bonchev–Trinajstić information content (AvgIpc) is 2.70. The van der Waals surface area contributed by atoms with Crippen molar-refractivity contribution in [1.82, 2.24) is 9.97 Å². The zero-order valence-corrected chi connectivity index (χ0v) is 18.6. The molecule has 3 heteroatoms. The molecular formula is C27H28N2O. The van der Waals surface area contributed by atoms with Gasteiger partial charge in [-0.25, -0.2) is 4.98 Å². The van der Waals surface area contributed by atoms with Gasteiger partial charge in [0.05, 0.1) is 22.9 Å². The molecule has 152 valence electrons. The molecule has 1 aliphatic rings. The second kappa shape index (κ2) is 6.28. The molecule has 0 radical (unpaired) electrons. The Kier molecular flexibility index (Phi) is 3.99. The fourth-order valence-electron chi connectivity index (χ4n) is 4.27. The van der Waals surface area contributed by atoms with Crippen molar-refractivity contribution in [3.8, 4) is 17.0 Å². The van der Waals surface area contributed by atoms with Crippen LogP contribution in [0.3, 0.4) is 0 Å². The van der Waals surface area contributed by atoms with E-state index in [9.17, 15) is 0 Å². The molecular weight excluding hydrogens is 368 g/mol. The van der Waals surface area contributed by atoms with E-state index in [1.807, 2.05) is 18.3 Å². The van der Waals surface area contributed by atoms with Gasteiger partial charge in [-0.3, -0.25) is 4.98 Å². The minimum absolute atomic E-state index is 0.0164.